The van der Waals surface area contributed by atoms with E-state index >= 15 is 0 Å². The lowest BCUT2D eigenvalue weighted by molar-refractivity contribution is -0.126. The van der Waals surface area contributed by atoms with E-state index in [1.165, 1.54) is 32.1 Å². The lowest BCUT2D eigenvalue weighted by atomic mass is 9.90. The lowest BCUT2D eigenvalue weighted by Crippen LogP contribution is -2.44. The third kappa shape index (κ3) is 9.37. The fraction of sp³-hybridized carbons (Fsp3) is 0.826. The van der Waals surface area contributed by atoms with Crippen molar-refractivity contribution in [1.29, 1.82) is 0 Å². The van der Waals surface area contributed by atoms with Crippen LogP contribution in [0.3, 0.4) is 0 Å². The topological polar surface area (TPSA) is 97.6 Å². The Hall–Kier alpha value is -1.96. The summed E-state index contributed by atoms with van der Waals surface area (Å²) in [4.78, 5) is 32.2. The molecule has 1 N–H and O–H groups in total. The molecule has 1 aromatic heterocycles. The van der Waals surface area contributed by atoms with Gasteiger partial charge >= 0.3 is 6.08 Å². The van der Waals surface area contributed by atoms with E-state index in [1.807, 2.05) is 32.8 Å². The number of rotatable bonds is 10. The molecule has 8 nitrogen and oxygen atoms in total. The van der Waals surface area contributed by atoms with Crippen molar-refractivity contribution in [3.8, 4) is 6.08 Å². The SMILES string of the molecule is CC(C)CC(NC(=O)C1CCCCCCCCC1)C(=O)c1noc(OCCN(C)C)n1. The van der Waals surface area contributed by atoms with E-state index in [-0.39, 0.29) is 35.4 Å². The number of carbonyl (C=O) groups excluding carboxylic acids is 2. The zero-order chi connectivity index (χ0) is 22.6. The Morgan fingerprint density at radius 2 is 1.71 bits per heavy atom. The minimum atomic E-state index is -0.657. The van der Waals surface area contributed by atoms with Gasteiger partial charge in [-0.2, -0.15) is 0 Å². The van der Waals surface area contributed by atoms with Crippen LogP contribution in [0.5, 0.6) is 6.08 Å². The summed E-state index contributed by atoms with van der Waals surface area (Å²) in [5, 5.41) is 6.80. The van der Waals surface area contributed by atoms with Gasteiger partial charge in [0.05, 0.1) is 6.04 Å². The molecule has 1 aromatic rings. The highest BCUT2D eigenvalue weighted by Gasteiger charge is 2.30. The third-order valence-corrected chi connectivity index (χ3v) is 5.71. The summed E-state index contributed by atoms with van der Waals surface area (Å²) in [6.45, 7) is 5.14. The zero-order valence-corrected chi connectivity index (χ0v) is 19.7. The minimum Gasteiger partial charge on any atom is -0.447 e. The average Bonchev–Trinajstić information content (AvgIpc) is 3.19. The van der Waals surface area contributed by atoms with Crippen LogP contribution in [0.2, 0.25) is 0 Å². The van der Waals surface area contributed by atoms with E-state index < -0.39 is 6.04 Å². The van der Waals surface area contributed by atoms with Gasteiger partial charge in [-0.05, 0) is 44.4 Å². The predicted molar refractivity (Wildman–Crippen MR) is 119 cm³/mol. The maximum absolute atomic E-state index is 13.1. The molecule has 1 heterocycles. The van der Waals surface area contributed by atoms with Gasteiger partial charge in [0.2, 0.25) is 17.5 Å². The molecular weight excluding hydrogens is 396 g/mol. The quantitative estimate of drug-likeness (QED) is 0.556. The number of hydrogen-bond donors (Lipinski definition) is 1. The first-order chi connectivity index (χ1) is 14.9. The highest BCUT2D eigenvalue weighted by atomic mass is 16.6. The van der Waals surface area contributed by atoms with Crippen molar-refractivity contribution in [3.63, 3.8) is 0 Å². The molecule has 176 valence electrons. The Morgan fingerprint density at radius 1 is 1.10 bits per heavy atom. The number of Topliss-reactive ketones (excluding diaryl/α,β-unsaturated/α-hetero) is 1. The largest absolute Gasteiger partial charge is 0.447 e. The second-order valence-electron chi connectivity index (χ2n) is 9.34. The number of ether oxygens (including phenoxy) is 1. The summed E-state index contributed by atoms with van der Waals surface area (Å²) in [5.41, 5.74) is 0. The van der Waals surface area contributed by atoms with Crippen molar-refractivity contribution in [3.05, 3.63) is 5.82 Å². The van der Waals surface area contributed by atoms with Crippen LogP contribution >= 0.6 is 0 Å². The smallest absolute Gasteiger partial charge is 0.417 e. The van der Waals surface area contributed by atoms with Gasteiger partial charge in [0, 0.05) is 12.5 Å². The van der Waals surface area contributed by atoms with Crippen LogP contribution in [-0.4, -0.2) is 60.0 Å². The Bertz CT molecular complexity index is 664. The molecule has 8 heteroatoms. The van der Waals surface area contributed by atoms with Gasteiger partial charge in [-0.1, -0.05) is 58.8 Å². The summed E-state index contributed by atoms with van der Waals surface area (Å²) in [5.74, 6) is -0.188. The molecule has 1 atom stereocenters. The lowest BCUT2D eigenvalue weighted by Gasteiger charge is -2.23. The molecule has 2 rings (SSSR count). The summed E-state index contributed by atoms with van der Waals surface area (Å²) in [6.07, 6.45) is 10.6. The van der Waals surface area contributed by atoms with Crippen LogP contribution in [-0.2, 0) is 4.79 Å². The summed E-state index contributed by atoms with van der Waals surface area (Å²) in [7, 11) is 3.87. The van der Waals surface area contributed by atoms with Crippen molar-refractivity contribution in [2.24, 2.45) is 11.8 Å². The van der Waals surface area contributed by atoms with Gasteiger partial charge in [-0.25, -0.2) is 0 Å². The molecule has 1 aliphatic carbocycles. The van der Waals surface area contributed by atoms with Crippen molar-refractivity contribution >= 4 is 11.7 Å². The summed E-state index contributed by atoms with van der Waals surface area (Å²) < 4.78 is 10.5. The van der Waals surface area contributed by atoms with Gasteiger partial charge in [0.1, 0.15) is 6.61 Å². The van der Waals surface area contributed by atoms with E-state index in [2.05, 4.69) is 15.5 Å². The second-order valence-corrected chi connectivity index (χ2v) is 9.34. The summed E-state index contributed by atoms with van der Waals surface area (Å²) >= 11 is 0. The molecule has 0 spiro atoms. The normalized spacial score (nSPS) is 17.5. The van der Waals surface area contributed by atoms with Crippen LogP contribution in [0.1, 0.15) is 88.7 Å². The molecule has 1 unspecified atom stereocenters. The molecule has 0 aliphatic heterocycles. The fourth-order valence-corrected chi connectivity index (χ4v) is 3.90. The van der Waals surface area contributed by atoms with Crippen molar-refractivity contribution < 1.29 is 18.8 Å². The monoisotopic (exact) mass is 436 g/mol. The molecule has 0 radical (unpaired) electrons. The minimum absolute atomic E-state index is 0.0212. The second kappa shape index (κ2) is 13.5. The molecule has 1 aliphatic rings. The number of aromatic nitrogens is 2. The predicted octanol–water partition coefficient (Wildman–Crippen LogP) is 3.86. The number of ketones is 1. The molecule has 31 heavy (non-hydrogen) atoms. The van der Waals surface area contributed by atoms with Crippen molar-refractivity contribution in [1.82, 2.24) is 20.4 Å². The van der Waals surface area contributed by atoms with Crippen LogP contribution in [0.25, 0.3) is 0 Å². The van der Waals surface area contributed by atoms with E-state index in [9.17, 15) is 9.59 Å². The van der Waals surface area contributed by atoms with Crippen LogP contribution in [0, 0.1) is 11.8 Å². The molecule has 0 aromatic carbocycles. The maximum Gasteiger partial charge on any atom is 0.417 e. The molecule has 1 amide bonds. The van der Waals surface area contributed by atoms with E-state index in [1.54, 1.807) is 0 Å². The first kappa shape index (κ1) is 25.3. The van der Waals surface area contributed by atoms with Crippen molar-refractivity contribution in [2.75, 3.05) is 27.2 Å². The Balaban J connectivity index is 2.00. The number of hydrogen-bond acceptors (Lipinski definition) is 7. The van der Waals surface area contributed by atoms with Crippen LogP contribution in [0.15, 0.2) is 4.52 Å². The van der Waals surface area contributed by atoms with Gasteiger partial charge in [0.15, 0.2) is 0 Å². The molecule has 0 saturated heterocycles. The highest BCUT2D eigenvalue weighted by Crippen LogP contribution is 2.22. The molecular formula is C23H40N4O4. The number of amides is 1. The van der Waals surface area contributed by atoms with Gasteiger partial charge in [-0.3, -0.25) is 14.1 Å². The number of nitrogens with one attached hydrogen (secondary N) is 1. The van der Waals surface area contributed by atoms with E-state index in [0.717, 1.165) is 25.7 Å². The standard InChI is InChI=1S/C23H40N4O4/c1-17(2)16-19(20(28)21-25-23(31-26-21)30-15-14-27(3)4)24-22(29)18-12-10-8-6-5-7-9-11-13-18/h17-19H,5-16H2,1-4H3,(H,24,29). The average molecular weight is 437 g/mol. The number of likely N-dealkylation sites (N-methyl/N-ethyl adjacent to an activating group) is 1. The molecule has 1 fully saturated rings. The van der Waals surface area contributed by atoms with Crippen LogP contribution in [0.4, 0.5) is 0 Å². The van der Waals surface area contributed by atoms with Crippen molar-refractivity contribution in [2.45, 2.75) is 84.1 Å². The number of carbonyl (C=O) groups is 2. The van der Waals surface area contributed by atoms with E-state index in [4.69, 9.17) is 9.26 Å². The first-order valence-corrected chi connectivity index (χ1v) is 11.8. The molecule has 0 bridgehead atoms. The van der Waals surface area contributed by atoms with Gasteiger partial charge in [0.25, 0.3) is 0 Å². The summed E-state index contributed by atoms with van der Waals surface area (Å²) in [6, 6.07) is -0.657. The fourth-order valence-electron chi connectivity index (χ4n) is 3.90. The van der Waals surface area contributed by atoms with Crippen LogP contribution < -0.4 is 10.1 Å². The third-order valence-electron chi connectivity index (χ3n) is 5.71. The highest BCUT2D eigenvalue weighted by molar-refractivity contribution is 5.99. The number of nitrogens with zero attached hydrogens (tertiary/aromatic N) is 3. The van der Waals surface area contributed by atoms with Gasteiger partial charge in [-0.15, -0.1) is 4.98 Å². The molecule has 1 saturated carbocycles. The first-order valence-electron chi connectivity index (χ1n) is 11.8. The Labute approximate surface area is 186 Å². The Kier molecular flexibility index (Phi) is 11.0. The van der Waals surface area contributed by atoms with E-state index in [0.29, 0.717) is 19.6 Å². The maximum atomic E-state index is 13.1. The Morgan fingerprint density at radius 3 is 2.29 bits per heavy atom. The zero-order valence-electron chi connectivity index (χ0n) is 19.7. The van der Waals surface area contributed by atoms with Gasteiger partial charge < -0.3 is 15.0 Å².